The number of halogens is 1. The van der Waals surface area contributed by atoms with Crippen molar-refractivity contribution in [3.8, 4) is 0 Å². The molecule has 1 saturated heterocycles. The van der Waals surface area contributed by atoms with Gasteiger partial charge in [0, 0.05) is 12.4 Å². The molecule has 1 saturated carbocycles. The Kier molecular flexibility index (Phi) is 3.87. The fourth-order valence-electron chi connectivity index (χ4n) is 2.17. The van der Waals surface area contributed by atoms with Crippen molar-refractivity contribution in [2.24, 2.45) is 0 Å². The zero-order valence-corrected chi connectivity index (χ0v) is 11.4. The van der Waals surface area contributed by atoms with Gasteiger partial charge in [0.1, 0.15) is 4.75 Å². The van der Waals surface area contributed by atoms with Crippen molar-refractivity contribution in [2.45, 2.75) is 30.1 Å². The molecular formula is C10H16ClNO5S. The molecule has 1 atom stereocenters. The number of nitrogens with zero attached hydrogens (tertiary/aromatic N) is 1. The molecule has 18 heavy (non-hydrogen) atoms. The van der Waals surface area contributed by atoms with Crippen LogP contribution in [-0.4, -0.2) is 60.2 Å². The van der Waals surface area contributed by atoms with Crippen LogP contribution in [0.1, 0.15) is 19.3 Å². The largest absolute Gasteiger partial charge is 0.481 e. The van der Waals surface area contributed by atoms with Gasteiger partial charge < -0.3 is 9.84 Å². The first kappa shape index (κ1) is 14.0. The van der Waals surface area contributed by atoms with E-state index in [0.717, 1.165) is 0 Å². The molecule has 6 nitrogen and oxygen atoms in total. The van der Waals surface area contributed by atoms with Gasteiger partial charge in [-0.05, 0) is 12.8 Å². The number of alkyl halides is 1. The zero-order valence-electron chi connectivity index (χ0n) is 9.84. The average Bonchev–Trinajstić information content (AvgIpc) is 3.09. The Hall–Kier alpha value is -0.370. The number of carboxylic acids is 1. The predicted molar refractivity (Wildman–Crippen MR) is 65.2 cm³/mol. The van der Waals surface area contributed by atoms with Gasteiger partial charge in [-0.2, -0.15) is 4.31 Å². The number of carbonyl (C=O) groups is 1. The second-order valence-electron chi connectivity index (χ2n) is 4.76. The molecule has 1 unspecified atom stereocenters. The van der Waals surface area contributed by atoms with Gasteiger partial charge in [0.25, 0.3) is 0 Å². The van der Waals surface area contributed by atoms with Crippen LogP contribution in [0, 0.1) is 0 Å². The Bertz CT molecular complexity index is 434. The summed E-state index contributed by atoms with van der Waals surface area (Å²) in [6.07, 6.45) is 0.865. The van der Waals surface area contributed by atoms with Crippen molar-refractivity contribution in [1.29, 1.82) is 0 Å². The van der Waals surface area contributed by atoms with E-state index in [1.54, 1.807) is 0 Å². The number of sulfonamides is 1. The van der Waals surface area contributed by atoms with Crippen LogP contribution >= 0.6 is 11.6 Å². The van der Waals surface area contributed by atoms with E-state index in [-0.39, 0.29) is 25.5 Å². The van der Waals surface area contributed by atoms with Crippen molar-refractivity contribution in [2.75, 3.05) is 25.6 Å². The van der Waals surface area contributed by atoms with Crippen molar-refractivity contribution < 1.29 is 23.1 Å². The van der Waals surface area contributed by atoms with Gasteiger partial charge in [0.2, 0.25) is 10.0 Å². The molecule has 0 radical (unpaired) electrons. The lowest BCUT2D eigenvalue weighted by atomic mass is 10.2. The standard InChI is InChI=1S/C10H16ClNO5S/c11-7-10(1-2-10)18(15,16)12-3-4-17-6-8(12)5-9(13)14/h8H,1-7H2,(H,13,14). The molecule has 0 aromatic heterocycles. The summed E-state index contributed by atoms with van der Waals surface area (Å²) in [6, 6.07) is -0.623. The lowest BCUT2D eigenvalue weighted by Gasteiger charge is -2.36. The lowest BCUT2D eigenvalue weighted by molar-refractivity contribution is -0.139. The Morgan fingerprint density at radius 2 is 2.17 bits per heavy atom. The Balaban J connectivity index is 2.21. The molecule has 0 amide bonds. The normalized spacial score (nSPS) is 27.9. The molecule has 104 valence electrons. The number of hydrogen-bond donors (Lipinski definition) is 1. The molecule has 1 N–H and O–H groups in total. The number of rotatable bonds is 5. The summed E-state index contributed by atoms with van der Waals surface area (Å²) in [5.41, 5.74) is 0. The topological polar surface area (TPSA) is 83.9 Å². The van der Waals surface area contributed by atoms with Gasteiger partial charge in [-0.1, -0.05) is 0 Å². The molecule has 0 bridgehead atoms. The highest BCUT2D eigenvalue weighted by atomic mass is 35.5. The first-order chi connectivity index (χ1) is 8.43. The van der Waals surface area contributed by atoms with Crippen molar-refractivity contribution >= 4 is 27.6 Å². The number of ether oxygens (including phenoxy) is 1. The summed E-state index contributed by atoms with van der Waals surface area (Å²) in [5.74, 6) is -0.964. The van der Waals surface area contributed by atoms with Crippen LogP contribution in [0.2, 0.25) is 0 Å². The summed E-state index contributed by atoms with van der Waals surface area (Å²) in [6.45, 7) is 0.635. The van der Waals surface area contributed by atoms with E-state index in [1.165, 1.54) is 4.31 Å². The third kappa shape index (κ3) is 2.36. The molecule has 0 aromatic rings. The van der Waals surface area contributed by atoms with E-state index in [9.17, 15) is 13.2 Å². The van der Waals surface area contributed by atoms with E-state index in [1.807, 2.05) is 0 Å². The molecule has 1 aliphatic carbocycles. The van der Waals surface area contributed by atoms with Crippen molar-refractivity contribution in [3.05, 3.63) is 0 Å². The number of morpholine rings is 1. The van der Waals surface area contributed by atoms with E-state index in [4.69, 9.17) is 21.4 Å². The summed E-state index contributed by atoms with van der Waals surface area (Å²) in [7, 11) is -3.54. The monoisotopic (exact) mass is 297 g/mol. The fourth-order valence-corrected chi connectivity index (χ4v) is 4.94. The maximum atomic E-state index is 12.5. The number of carboxylic acid groups (broad SMARTS) is 1. The minimum Gasteiger partial charge on any atom is -0.481 e. The first-order valence-electron chi connectivity index (χ1n) is 5.80. The molecule has 0 spiro atoms. The molecule has 1 heterocycles. The van der Waals surface area contributed by atoms with Gasteiger partial charge in [0.15, 0.2) is 0 Å². The molecule has 2 fully saturated rings. The highest BCUT2D eigenvalue weighted by molar-refractivity contribution is 7.91. The quantitative estimate of drug-likeness (QED) is 0.736. The van der Waals surface area contributed by atoms with Crippen LogP contribution in [0.3, 0.4) is 0 Å². The molecular weight excluding hydrogens is 282 g/mol. The third-order valence-electron chi connectivity index (χ3n) is 3.49. The molecule has 2 rings (SSSR count). The van der Waals surface area contributed by atoms with Crippen LogP contribution in [0.5, 0.6) is 0 Å². The van der Waals surface area contributed by atoms with Crippen LogP contribution < -0.4 is 0 Å². The molecule has 2 aliphatic rings. The maximum Gasteiger partial charge on any atom is 0.305 e. The number of aliphatic carboxylic acids is 1. The minimum absolute atomic E-state index is 0.0620. The number of hydrogen-bond acceptors (Lipinski definition) is 4. The SMILES string of the molecule is O=C(O)CC1COCCN1S(=O)(=O)C1(CCl)CC1. The lowest BCUT2D eigenvalue weighted by Crippen LogP contribution is -2.53. The maximum absolute atomic E-state index is 12.5. The Morgan fingerprint density at radius 1 is 1.50 bits per heavy atom. The van der Waals surface area contributed by atoms with E-state index in [2.05, 4.69) is 0 Å². The van der Waals surface area contributed by atoms with Gasteiger partial charge >= 0.3 is 5.97 Å². The van der Waals surface area contributed by atoms with Crippen molar-refractivity contribution in [1.82, 2.24) is 4.31 Å². The van der Waals surface area contributed by atoms with Gasteiger partial charge in [-0.25, -0.2) is 8.42 Å². The van der Waals surface area contributed by atoms with E-state index < -0.39 is 26.8 Å². The molecule has 1 aliphatic heterocycles. The summed E-state index contributed by atoms with van der Waals surface area (Å²) in [5, 5.41) is 8.82. The summed E-state index contributed by atoms with van der Waals surface area (Å²) < 4.78 is 30.5. The minimum atomic E-state index is -3.54. The molecule has 0 aromatic carbocycles. The second-order valence-corrected chi connectivity index (χ2v) is 7.31. The van der Waals surface area contributed by atoms with Crippen LogP contribution in [0.15, 0.2) is 0 Å². The van der Waals surface area contributed by atoms with Crippen LogP contribution in [-0.2, 0) is 19.6 Å². The Labute approximate surface area is 111 Å². The highest BCUT2D eigenvalue weighted by Crippen LogP contribution is 2.46. The van der Waals surface area contributed by atoms with Gasteiger partial charge in [0.05, 0.1) is 25.7 Å². The zero-order chi connectivity index (χ0) is 13.4. The molecule has 8 heteroatoms. The first-order valence-corrected chi connectivity index (χ1v) is 7.77. The average molecular weight is 298 g/mol. The highest BCUT2D eigenvalue weighted by Gasteiger charge is 2.57. The predicted octanol–water partition coefficient (Wildman–Crippen LogP) is 0.263. The fraction of sp³-hybridized carbons (Fsp3) is 0.900. The van der Waals surface area contributed by atoms with Gasteiger partial charge in [-0.3, -0.25) is 4.79 Å². The second kappa shape index (κ2) is 4.96. The third-order valence-corrected chi connectivity index (χ3v) is 6.91. The Morgan fingerprint density at radius 3 is 2.67 bits per heavy atom. The van der Waals surface area contributed by atoms with Crippen LogP contribution in [0.4, 0.5) is 0 Å². The summed E-state index contributed by atoms with van der Waals surface area (Å²) >= 11 is 5.76. The van der Waals surface area contributed by atoms with E-state index in [0.29, 0.717) is 19.4 Å². The summed E-state index contributed by atoms with van der Waals surface area (Å²) in [4.78, 5) is 10.8. The van der Waals surface area contributed by atoms with Crippen LogP contribution in [0.25, 0.3) is 0 Å². The van der Waals surface area contributed by atoms with E-state index >= 15 is 0 Å². The smallest absolute Gasteiger partial charge is 0.305 e. The van der Waals surface area contributed by atoms with Crippen molar-refractivity contribution in [3.63, 3.8) is 0 Å². The van der Waals surface area contributed by atoms with Gasteiger partial charge in [-0.15, -0.1) is 11.6 Å².